The molecule has 3 aromatic carbocycles. The summed E-state index contributed by atoms with van der Waals surface area (Å²) < 4.78 is 110. The summed E-state index contributed by atoms with van der Waals surface area (Å²) in [6, 6.07) is 15.0. The summed E-state index contributed by atoms with van der Waals surface area (Å²) in [6.07, 6.45) is -14.2. The molecule has 0 fully saturated rings. The van der Waals surface area contributed by atoms with E-state index in [1.807, 2.05) is 0 Å². The Bertz CT molecular complexity index is 1260. The number of hydrogen-bond acceptors (Lipinski definition) is 2. The molecular formula is C25H19BrF8N2O2. The second-order valence-electron chi connectivity index (χ2n) is 8.14. The maximum atomic E-state index is 14.7. The number of amides is 2. The van der Waals surface area contributed by atoms with Crippen molar-refractivity contribution in [1.29, 1.82) is 0 Å². The lowest BCUT2D eigenvalue weighted by Crippen LogP contribution is -2.53. The lowest BCUT2D eigenvalue weighted by Gasteiger charge is -2.37. The van der Waals surface area contributed by atoms with Crippen LogP contribution < -0.4 is 15.4 Å². The molecule has 0 bridgehead atoms. The molecule has 3 rings (SSSR count). The number of hydrogen-bond donors (Lipinski definition) is 2. The van der Waals surface area contributed by atoms with Crippen molar-refractivity contribution in [2.24, 2.45) is 0 Å². The van der Waals surface area contributed by atoms with Crippen LogP contribution in [-0.4, -0.2) is 31.3 Å². The average molecular weight is 611 g/mol. The zero-order valence-electron chi connectivity index (χ0n) is 19.1. The number of urea groups is 1. The molecule has 1 unspecified atom stereocenters. The van der Waals surface area contributed by atoms with E-state index in [4.69, 9.17) is 0 Å². The predicted molar refractivity (Wildman–Crippen MR) is 126 cm³/mol. The van der Waals surface area contributed by atoms with E-state index in [1.54, 1.807) is 41.7 Å². The fourth-order valence-electron chi connectivity index (χ4n) is 3.70. The number of nitrogens with one attached hydrogen (secondary N) is 2. The normalized spacial score (nSPS) is 13.6. The molecule has 204 valence electrons. The Labute approximate surface area is 220 Å². The summed E-state index contributed by atoms with van der Waals surface area (Å²) >= 11 is 3.26. The first kappa shape index (κ1) is 29.2. The van der Waals surface area contributed by atoms with Crippen LogP contribution in [-0.2, 0) is 12.0 Å². The highest BCUT2D eigenvalue weighted by Crippen LogP contribution is 2.38. The molecule has 0 heterocycles. The van der Waals surface area contributed by atoms with E-state index in [9.17, 15) is 39.9 Å². The topological polar surface area (TPSA) is 50.4 Å². The molecule has 0 aliphatic rings. The second-order valence-corrected chi connectivity index (χ2v) is 9.06. The highest BCUT2D eigenvalue weighted by molar-refractivity contribution is 9.10. The summed E-state index contributed by atoms with van der Waals surface area (Å²) in [5.41, 5.74) is -1.44. The first-order chi connectivity index (χ1) is 17.7. The summed E-state index contributed by atoms with van der Waals surface area (Å²) in [5.74, 6) is -2.18. The molecule has 0 spiro atoms. The molecule has 2 amide bonds. The Morgan fingerprint density at radius 2 is 1.58 bits per heavy atom. The maximum absolute atomic E-state index is 14.7. The van der Waals surface area contributed by atoms with Gasteiger partial charge in [0.15, 0.2) is 0 Å². The molecule has 0 saturated carbocycles. The first-order valence-electron chi connectivity index (χ1n) is 10.8. The van der Waals surface area contributed by atoms with Crippen molar-refractivity contribution in [1.82, 2.24) is 10.6 Å². The molecular weight excluding hydrogens is 592 g/mol. The fraction of sp³-hybridized carbons (Fsp3) is 0.240. The zero-order valence-corrected chi connectivity index (χ0v) is 20.7. The molecule has 0 radical (unpaired) electrons. The number of benzene rings is 3. The molecule has 1 atom stereocenters. The van der Waals surface area contributed by atoms with Gasteiger partial charge in [-0.2, -0.15) is 30.7 Å². The molecule has 0 saturated heterocycles. The van der Waals surface area contributed by atoms with Crippen LogP contribution in [0.4, 0.5) is 39.9 Å². The largest absolute Gasteiger partial charge is 0.461 e. The van der Waals surface area contributed by atoms with Crippen molar-refractivity contribution in [3.63, 3.8) is 0 Å². The zero-order chi connectivity index (χ0) is 28.1. The van der Waals surface area contributed by atoms with E-state index >= 15 is 0 Å². The van der Waals surface area contributed by atoms with Gasteiger partial charge < -0.3 is 15.4 Å². The van der Waals surface area contributed by atoms with Gasteiger partial charge >= 0.3 is 24.7 Å². The van der Waals surface area contributed by atoms with Crippen molar-refractivity contribution in [2.75, 3.05) is 6.54 Å². The van der Waals surface area contributed by atoms with Crippen molar-refractivity contribution in [3.8, 4) is 5.75 Å². The van der Waals surface area contributed by atoms with Crippen LogP contribution in [0.3, 0.4) is 0 Å². The maximum Gasteiger partial charge on any atom is 0.461 e. The van der Waals surface area contributed by atoms with Crippen molar-refractivity contribution in [2.45, 2.75) is 30.7 Å². The number of alkyl halides is 7. The minimum absolute atomic E-state index is 0.204. The first-order valence-corrected chi connectivity index (χ1v) is 11.6. The predicted octanol–water partition coefficient (Wildman–Crippen LogP) is 7.17. The Kier molecular flexibility index (Phi) is 8.90. The molecule has 0 aromatic heterocycles. The lowest BCUT2D eigenvalue weighted by molar-refractivity contribution is -0.253. The molecule has 2 N–H and O–H groups in total. The second kappa shape index (κ2) is 11.6. The van der Waals surface area contributed by atoms with Gasteiger partial charge in [0, 0.05) is 17.0 Å². The summed E-state index contributed by atoms with van der Waals surface area (Å²) in [7, 11) is 0. The third-order valence-corrected chi connectivity index (χ3v) is 5.77. The number of ether oxygens (including phenoxy) is 1. The van der Waals surface area contributed by atoms with Gasteiger partial charge in [-0.25, -0.2) is 9.18 Å². The molecule has 0 aliphatic heterocycles. The van der Waals surface area contributed by atoms with Crippen molar-refractivity contribution < 1.29 is 44.7 Å². The van der Waals surface area contributed by atoms with Gasteiger partial charge in [0.25, 0.3) is 0 Å². The quantitative estimate of drug-likeness (QED) is 0.252. The molecule has 0 aliphatic carbocycles. The van der Waals surface area contributed by atoms with Crippen LogP contribution in [0.2, 0.25) is 0 Å². The summed E-state index contributed by atoms with van der Waals surface area (Å²) in [4.78, 5) is 12.7. The van der Waals surface area contributed by atoms with Crippen molar-refractivity contribution in [3.05, 3.63) is 99.8 Å². The molecule has 4 nitrogen and oxygen atoms in total. The number of carbonyl (C=O) groups is 1. The van der Waals surface area contributed by atoms with Crippen LogP contribution in [0.15, 0.2) is 77.3 Å². The van der Waals surface area contributed by atoms with E-state index in [2.05, 4.69) is 26.0 Å². The Balaban J connectivity index is 2.22. The smallest absolute Gasteiger partial charge is 0.428 e. The van der Waals surface area contributed by atoms with Gasteiger partial charge in [-0.15, -0.1) is 0 Å². The lowest BCUT2D eigenvalue weighted by atomic mass is 9.77. The van der Waals surface area contributed by atoms with E-state index in [0.29, 0.717) is 16.1 Å². The van der Waals surface area contributed by atoms with Gasteiger partial charge in [0.2, 0.25) is 0 Å². The van der Waals surface area contributed by atoms with E-state index in [-0.39, 0.29) is 17.5 Å². The highest BCUT2D eigenvalue weighted by Gasteiger charge is 2.45. The van der Waals surface area contributed by atoms with Gasteiger partial charge in [-0.3, -0.25) is 0 Å². The standard InChI is InChI=1S/C25H19BrF8N2O2/c26-18-8-4-7-16(9-18)23(13-15-5-2-1-3-6-15,36-22(37)35-14-24(30,31)32)17-10-19(27)12-20(11-17)38-25(33,34)21(28)29/h1-12,21H,13-14H2,(H2,35,36,37). The van der Waals surface area contributed by atoms with Crippen LogP contribution >= 0.6 is 15.9 Å². The number of rotatable bonds is 9. The van der Waals surface area contributed by atoms with Crippen LogP contribution in [0.1, 0.15) is 16.7 Å². The van der Waals surface area contributed by atoms with Gasteiger partial charge in [-0.1, -0.05) is 58.4 Å². The van der Waals surface area contributed by atoms with E-state index in [1.165, 1.54) is 18.2 Å². The van der Waals surface area contributed by atoms with Crippen LogP contribution in [0.5, 0.6) is 5.75 Å². The Hall–Kier alpha value is -3.35. The fourth-order valence-corrected chi connectivity index (χ4v) is 4.10. The third kappa shape index (κ3) is 7.59. The number of halogens is 9. The Morgan fingerprint density at radius 3 is 2.18 bits per heavy atom. The monoisotopic (exact) mass is 610 g/mol. The minimum Gasteiger partial charge on any atom is -0.428 e. The van der Waals surface area contributed by atoms with Gasteiger partial charge in [-0.05, 0) is 41.0 Å². The SMILES string of the molecule is O=C(NCC(F)(F)F)NC(Cc1ccccc1)(c1cccc(Br)c1)c1cc(F)cc(OC(F)(F)C(F)F)c1. The average Bonchev–Trinajstić information content (AvgIpc) is 2.82. The van der Waals surface area contributed by atoms with Crippen LogP contribution in [0, 0.1) is 5.82 Å². The third-order valence-electron chi connectivity index (χ3n) is 5.28. The van der Waals surface area contributed by atoms with E-state index in [0.717, 1.165) is 12.1 Å². The summed E-state index contributed by atoms with van der Waals surface area (Å²) in [5, 5.41) is 4.09. The highest BCUT2D eigenvalue weighted by atomic mass is 79.9. The van der Waals surface area contributed by atoms with Crippen LogP contribution in [0.25, 0.3) is 0 Å². The molecule has 13 heteroatoms. The number of carbonyl (C=O) groups excluding carboxylic acids is 1. The van der Waals surface area contributed by atoms with Gasteiger partial charge in [0.05, 0.1) is 5.54 Å². The molecule has 38 heavy (non-hydrogen) atoms. The van der Waals surface area contributed by atoms with E-state index < -0.39 is 48.4 Å². The summed E-state index contributed by atoms with van der Waals surface area (Å²) in [6.45, 7) is -1.70. The minimum atomic E-state index is -4.97. The van der Waals surface area contributed by atoms with Gasteiger partial charge in [0.1, 0.15) is 18.1 Å². The Morgan fingerprint density at radius 1 is 0.895 bits per heavy atom. The molecule has 3 aromatic rings. The van der Waals surface area contributed by atoms with Crippen molar-refractivity contribution >= 4 is 22.0 Å².